The lowest BCUT2D eigenvalue weighted by Crippen LogP contribution is -2.43. The van der Waals surface area contributed by atoms with Gasteiger partial charge in [-0.25, -0.2) is 0 Å². The Balaban J connectivity index is 1.78. The van der Waals surface area contributed by atoms with Crippen LogP contribution in [-0.2, 0) is 11.3 Å². The van der Waals surface area contributed by atoms with Gasteiger partial charge in [0.25, 0.3) is 0 Å². The molecule has 5 nitrogen and oxygen atoms in total. The standard InChI is InChI=1S/C16H25N3O2/c1-16(21)7-10-19(11-8-16)9-6-15(20)18-14-5-3-2-4-13(14)12-17/h2-5,21H,6-12,17H2,1H3,(H,18,20). The van der Waals surface area contributed by atoms with Crippen molar-refractivity contribution in [3.8, 4) is 0 Å². The molecule has 1 saturated heterocycles. The summed E-state index contributed by atoms with van der Waals surface area (Å²) < 4.78 is 0. The summed E-state index contributed by atoms with van der Waals surface area (Å²) in [4.78, 5) is 14.3. The van der Waals surface area contributed by atoms with Gasteiger partial charge in [-0.1, -0.05) is 18.2 Å². The molecule has 1 heterocycles. The summed E-state index contributed by atoms with van der Waals surface area (Å²) in [7, 11) is 0. The Labute approximate surface area is 126 Å². The molecule has 1 aliphatic heterocycles. The van der Waals surface area contributed by atoms with Gasteiger partial charge in [0, 0.05) is 38.3 Å². The molecule has 0 radical (unpaired) electrons. The molecule has 21 heavy (non-hydrogen) atoms. The van der Waals surface area contributed by atoms with Gasteiger partial charge in [-0.2, -0.15) is 0 Å². The number of para-hydroxylation sites is 1. The zero-order valence-corrected chi connectivity index (χ0v) is 12.6. The quantitative estimate of drug-likeness (QED) is 0.764. The first-order valence-corrected chi connectivity index (χ1v) is 7.53. The lowest BCUT2D eigenvalue weighted by molar-refractivity contribution is -0.116. The highest BCUT2D eigenvalue weighted by Crippen LogP contribution is 2.21. The molecule has 116 valence electrons. The maximum atomic E-state index is 12.0. The number of piperidine rings is 1. The highest BCUT2D eigenvalue weighted by molar-refractivity contribution is 5.91. The fraction of sp³-hybridized carbons (Fsp3) is 0.562. The lowest BCUT2D eigenvalue weighted by Gasteiger charge is -2.35. The van der Waals surface area contributed by atoms with Crippen molar-refractivity contribution in [1.29, 1.82) is 0 Å². The molecule has 1 aliphatic rings. The summed E-state index contributed by atoms with van der Waals surface area (Å²) in [5.41, 5.74) is 6.86. The topological polar surface area (TPSA) is 78.6 Å². The number of aliphatic hydroxyl groups is 1. The summed E-state index contributed by atoms with van der Waals surface area (Å²) in [6, 6.07) is 7.60. The molecular weight excluding hydrogens is 266 g/mol. The van der Waals surface area contributed by atoms with Crippen molar-refractivity contribution in [1.82, 2.24) is 4.90 Å². The van der Waals surface area contributed by atoms with Crippen LogP contribution in [0.5, 0.6) is 0 Å². The van der Waals surface area contributed by atoms with Gasteiger partial charge in [0.2, 0.25) is 5.91 Å². The van der Waals surface area contributed by atoms with Crippen molar-refractivity contribution in [2.75, 3.05) is 25.0 Å². The van der Waals surface area contributed by atoms with Crippen molar-refractivity contribution in [2.24, 2.45) is 5.73 Å². The predicted molar refractivity (Wildman–Crippen MR) is 83.9 cm³/mol. The van der Waals surface area contributed by atoms with E-state index in [1.165, 1.54) is 0 Å². The molecule has 1 amide bonds. The largest absolute Gasteiger partial charge is 0.390 e. The lowest BCUT2D eigenvalue weighted by atomic mass is 9.94. The third-order valence-corrected chi connectivity index (χ3v) is 4.10. The molecular formula is C16H25N3O2. The fourth-order valence-corrected chi connectivity index (χ4v) is 2.55. The van der Waals surface area contributed by atoms with E-state index in [1.54, 1.807) is 0 Å². The maximum Gasteiger partial charge on any atom is 0.225 e. The minimum Gasteiger partial charge on any atom is -0.390 e. The van der Waals surface area contributed by atoms with Gasteiger partial charge in [-0.15, -0.1) is 0 Å². The molecule has 0 unspecified atom stereocenters. The van der Waals surface area contributed by atoms with E-state index in [2.05, 4.69) is 10.2 Å². The Kier molecular flexibility index (Phi) is 5.33. The second-order valence-electron chi connectivity index (χ2n) is 6.00. The summed E-state index contributed by atoms with van der Waals surface area (Å²) in [5.74, 6) is 0.00762. The van der Waals surface area contributed by atoms with E-state index in [9.17, 15) is 9.90 Å². The maximum absolute atomic E-state index is 12.0. The Morgan fingerprint density at radius 1 is 1.38 bits per heavy atom. The van der Waals surface area contributed by atoms with Gasteiger partial charge in [0.05, 0.1) is 5.60 Å². The minimum absolute atomic E-state index is 0.00762. The Hall–Kier alpha value is -1.43. The number of carbonyl (C=O) groups excluding carboxylic acids is 1. The summed E-state index contributed by atoms with van der Waals surface area (Å²) in [6.45, 7) is 4.71. The normalized spacial score (nSPS) is 18.4. The summed E-state index contributed by atoms with van der Waals surface area (Å²) in [6.07, 6.45) is 2.00. The van der Waals surface area contributed by atoms with Crippen LogP contribution in [-0.4, -0.2) is 41.1 Å². The van der Waals surface area contributed by atoms with E-state index in [1.807, 2.05) is 31.2 Å². The van der Waals surface area contributed by atoms with Crippen molar-refractivity contribution in [3.63, 3.8) is 0 Å². The molecule has 0 atom stereocenters. The molecule has 0 bridgehead atoms. The molecule has 2 rings (SSSR count). The number of hydrogen-bond acceptors (Lipinski definition) is 4. The number of rotatable bonds is 5. The van der Waals surface area contributed by atoms with Crippen molar-refractivity contribution in [3.05, 3.63) is 29.8 Å². The molecule has 5 heteroatoms. The monoisotopic (exact) mass is 291 g/mol. The molecule has 1 aromatic rings. The van der Waals surface area contributed by atoms with E-state index in [0.29, 0.717) is 13.0 Å². The van der Waals surface area contributed by atoms with Crippen LogP contribution in [0.4, 0.5) is 5.69 Å². The van der Waals surface area contributed by atoms with Gasteiger partial charge in [0.15, 0.2) is 0 Å². The van der Waals surface area contributed by atoms with Crippen LogP contribution in [0.3, 0.4) is 0 Å². The summed E-state index contributed by atoms with van der Waals surface area (Å²) >= 11 is 0. The van der Waals surface area contributed by atoms with Crippen LogP contribution >= 0.6 is 0 Å². The molecule has 4 N–H and O–H groups in total. The van der Waals surface area contributed by atoms with Crippen LogP contribution in [0.2, 0.25) is 0 Å². The van der Waals surface area contributed by atoms with Crippen molar-refractivity contribution in [2.45, 2.75) is 38.3 Å². The van der Waals surface area contributed by atoms with Crippen LogP contribution < -0.4 is 11.1 Å². The first-order chi connectivity index (χ1) is 10.00. The number of amides is 1. The Morgan fingerprint density at radius 2 is 2.05 bits per heavy atom. The zero-order chi connectivity index (χ0) is 15.3. The van der Waals surface area contributed by atoms with E-state index < -0.39 is 5.60 Å². The van der Waals surface area contributed by atoms with Crippen LogP contribution in [0.1, 0.15) is 31.7 Å². The number of hydrogen-bond donors (Lipinski definition) is 3. The number of carbonyl (C=O) groups is 1. The Bertz CT molecular complexity index is 478. The molecule has 0 aliphatic carbocycles. The van der Waals surface area contributed by atoms with Gasteiger partial charge in [-0.05, 0) is 31.4 Å². The summed E-state index contributed by atoms with van der Waals surface area (Å²) in [5, 5.41) is 12.8. The number of nitrogens with two attached hydrogens (primary N) is 1. The molecule has 0 saturated carbocycles. The van der Waals surface area contributed by atoms with Crippen molar-refractivity contribution < 1.29 is 9.90 Å². The predicted octanol–water partition coefficient (Wildman–Crippen LogP) is 1.32. The third kappa shape index (κ3) is 4.81. The second-order valence-corrected chi connectivity index (χ2v) is 6.00. The van der Waals surface area contributed by atoms with E-state index >= 15 is 0 Å². The van der Waals surface area contributed by atoms with E-state index in [-0.39, 0.29) is 5.91 Å². The molecule has 0 spiro atoms. The van der Waals surface area contributed by atoms with Crippen LogP contribution in [0.15, 0.2) is 24.3 Å². The highest BCUT2D eigenvalue weighted by atomic mass is 16.3. The molecule has 0 aromatic heterocycles. The first kappa shape index (κ1) is 15.9. The van der Waals surface area contributed by atoms with E-state index in [0.717, 1.165) is 43.7 Å². The van der Waals surface area contributed by atoms with Crippen LogP contribution in [0, 0.1) is 0 Å². The second kappa shape index (κ2) is 7.02. The van der Waals surface area contributed by atoms with E-state index in [4.69, 9.17) is 5.73 Å². The SMILES string of the molecule is CC1(O)CCN(CCC(=O)Nc2ccccc2CN)CC1. The average Bonchev–Trinajstić information content (AvgIpc) is 2.47. The number of likely N-dealkylation sites (tertiary alicyclic amines) is 1. The third-order valence-electron chi connectivity index (χ3n) is 4.10. The van der Waals surface area contributed by atoms with Crippen molar-refractivity contribution >= 4 is 11.6 Å². The number of nitrogens with one attached hydrogen (secondary N) is 1. The zero-order valence-electron chi connectivity index (χ0n) is 12.6. The molecule has 1 aromatic carbocycles. The Morgan fingerprint density at radius 3 is 2.71 bits per heavy atom. The first-order valence-electron chi connectivity index (χ1n) is 7.53. The molecule has 1 fully saturated rings. The number of nitrogens with zero attached hydrogens (tertiary/aromatic N) is 1. The van der Waals surface area contributed by atoms with Crippen LogP contribution in [0.25, 0.3) is 0 Å². The highest BCUT2D eigenvalue weighted by Gasteiger charge is 2.27. The fourth-order valence-electron chi connectivity index (χ4n) is 2.55. The van der Waals surface area contributed by atoms with Gasteiger partial charge in [0.1, 0.15) is 0 Å². The number of anilines is 1. The average molecular weight is 291 g/mol. The smallest absolute Gasteiger partial charge is 0.225 e. The minimum atomic E-state index is -0.543. The van der Waals surface area contributed by atoms with Gasteiger partial charge in [-0.3, -0.25) is 4.79 Å². The van der Waals surface area contributed by atoms with Gasteiger partial charge < -0.3 is 21.1 Å². The van der Waals surface area contributed by atoms with Gasteiger partial charge >= 0.3 is 0 Å². The number of benzene rings is 1.